The van der Waals surface area contributed by atoms with Gasteiger partial charge >= 0.3 is 5.69 Å². The summed E-state index contributed by atoms with van der Waals surface area (Å²) in [5, 5.41) is 15.1. The monoisotopic (exact) mass is 252 g/mol. The average molecular weight is 252 g/mol. The van der Waals surface area contributed by atoms with Crippen LogP contribution in [0, 0.1) is 16.0 Å². The Morgan fingerprint density at radius 3 is 2.61 bits per heavy atom. The van der Waals surface area contributed by atoms with E-state index in [1.54, 1.807) is 14.0 Å². The van der Waals surface area contributed by atoms with Crippen molar-refractivity contribution in [1.82, 2.24) is 9.78 Å². The number of hydrogen-bond acceptors (Lipinski definition) is 5. The highest BCUT2D eigenvalue weighted by Crippen LogP contribution is 2.29. The summed E-state index contributed by atoms with van der Waals surface area (Å²) in [6.45, 7) is 2.88. The Hall–Kier alpha value is -1.92. The third kappa shape index (κ3) is 2.34. The van der Waals surface area contributed by atoms with E-state index in [1.807, 2.05) is 4.90 Å². The van der Waals surface area contributed by atoms with Crippen molar-refractivity contribution in [3.63, 3.8) is 0 Å². The van der Waals surface area contributed by atoms with Gasteiger partial charge in [0.05, 0.1) is 4.92 Å². The minimum atomic E-state index is -0.417. The van der Waals surface area contributed by atoms with Crippen molar-refractivity contribution in [3.05, 3.63) is 16.3 Å². The van der Waals surface area contributed by atoms with Gasteiger partial charge < -0.3 is 4.90 Å². The van der Waals surface area contributed by atoms with Gasteiger partial charge in [-0.2, -0.15) is 0 Å². The number of carbonyl (C=O) groups is 1. The fourth-order valence-corrected chi connectivity index (χ4v) is 2.32. The van der Waals surface area contributed by atoms with Gasteiger partial charge in [-0.3, -0.25) is 19.6 Å². The second-order valence-corrected chi connectivity index (χ2v) is 4.64. The summed E-state index contributed by atoms with van der Waals surface area (Å²) in [4.78, 5) is 23.7. The molecule has 0 radical (unpaired) electrons. The van der Waals surface area contributed by atoms with Crippen LogP contribution >= 0.6 is 0 Å². The van der Waals surface area contributed by atoms with E-state index in [0.29, 0.717) is 18.9 Å². The van der Waals surface area contributed by atoms with Crippen LogP contribution in [0.1, 0.15) is 19.8 Å². The quantitative estimate of drug-likeness (QED) is 0.595. The molecule has 1 aliphatic heterocycles. The van der Waals surface area contributed by atoms with Gasteiger partial charge in [-0.05, 0) is 19.8 Å². The second-order valence-electron chi connectivity index (χ2n) is 4.64. The molecule has 2 heterocycles. The number of piperidine rings is 1. The van der Waals surface area contributed by atoms with Gasteiger partial charge in [-0.1, -0.05) is 0 Å². The summed E-state index contributed by atoms with van der Waals surface area (Å²) in [6.07, 6.45) is 2.89. The lowest BCUT2D eigenvalue weighted by Crippen LogP contribution is -2.36. The first-order valence-corrected chi connectivity index (χ1v) is 5.92. The van der Waals surface area contributed by atoms with Crippen LogP contribution in [0.25, 0.3) is 0 Å². The Morgan fingerprint density at radius 1 is 1.50 bits per heavy atom. The first-order valence-electron chi connectivity index (χ1n) is 5.92. The maximum atomic E-state index is 11.3. The molecular formula is C11H16N4O3. The van der Waals surface area contributed by atoms with Crippen LogP contribution in [0.3, 0.4) is 0 Å². The van der Waals surface area contributed by atoms with Gasteiger partial charge in [0.2, 0.25) is 5.82 Å². The summed E-state index contributed by atoms with van der Waals surface area (Å²) in [5.41, 5.74) is 0.0266. The lowest BCUT2D eigenvalue weighted by Gasteiger charge is -2.30. The van der Waals surface area contributed by atoms with Gasteiger partial charge in [-0.15, -0.1) is 5.10 Å². The molecule has 0 amide bonds. The molecule has 1 saturated heterocycles. The number of nitrogens with zero attached hydrogens (tertiary/aromatic N) is 4. The van der Waals surface area contributed by atoms with Crippen molar-refractivity contribution in [1.29, 1.82) is 0 Å². The molecule has 0 spiro atoms. The molecule has 7 nitrogen and oxygen atoms in total. The molecule has 18 heavy (non-hydrogen) atoms. The number of ketones is 1. The number of Topliss-reactive ketones (excluding diaryl/α,β-unsaturated/α-hetero) is 1. The largest absolute Gasteiger partial charge is 0.349 e. The van der Waals surface area contributed by atoms with E-state index in [0.717, 1.165) is 12.8 Å². The fourth-order valence-electron chi connectivity index (χ4n) is 2.32. The van der Waals surface area contributed by atoms with Crippen molar-refractivity contribution >= 4 is 17.3 Å². The van der Waals surface area contributed by atoms with Gasteiger partial charge in [0.1, 0.15) is 12.0 Å². The van der Waals surface area contributed by atoms with Crippen LogP contribution in [-0.2, 0) is 11.8 Å². The van der Waals surface area contributed by atoms with E-state index >= 15 is 0 Å². The first-order chi connectivity index (χ1) is 8.49. The van der Waals surface area contributed by atoms with Gasteiger partial charge in [0.25, 0.3) is 0 Å². The van der Waals surface area contributed by atoms with E-state index < -0.39 is 4.92 Å². The highest BCUT2D eigenvalue weighted by atomic mass is 16.6. The SMILES string of the molecule is CC(=O)C1CCN(c2nn(C)cc2[N+](=O)[O-])CC1. The Labute approximate surface area is 105 Å². The number of carbonyl (C=O) groups excluding carboxylic acids is 1. The van der Waals surface area contributed by atoms with Gasteiger partial charge in [-0.25, -0.2) is 0 Å². The number of hydrogen-bond donors (Lipinski definition) is 0. The summed E-state index contributed by atoms with van der Waals surface area (Å²) in [5.74, 6) is 0.693. The van der Waals surface area contributed by atoms with E-state index in [1.165, 1.54) is 10.9 Å². The van der Waals surface area contributed by atoms with Crippen molar-refractivity contribution in [2.45, 2.75) is 19.8 Å². The maximum absolute atomic E-state index is 11.3. The first kappa shape index (κ1) is 12.5. The Bertz CT molecular complexity index is 475. The fraction of sp³-hybridized carbons (Fsp3) is 0.636. The molecule has 0 saturated carbocycles. The lowest BCUT2D eigenvalue weighted by atomic mass is 9.93. The predicted octanol–water partition coefficient (Wildman–Crippen LogP) is 1.13. The number of aryl methyl sites for hydroxylation is 1. The van der Waals surface area contributed by atoms with Crippen LogP contribution in [-0.4, -0.2) is 33.6 Å². The van der Waals surface area contributed by atoms with Gasteiger partial charge in [0.15, 0.2) is 0 Å². The number of rotatable bonds is 3. The molecule has 0 unspecified atom stereocenters. The maximum Gasteiger partial charge on any atom is 0.330 e. The molecule has 0 atom stereocenters. The average Bonchev–Trinajstić information content (AvgIpc) is 2.71. The molecular weight excluding hydrogens is 236 g/mol. The Kier molecular flexibility index (Phi) is 3.31. The van der Waals surface area contributed by atoms with E-state index in [2.05, 4.69) is 5.10 Å². The van der Waals surface area contributed by atoms with Crippen LogP contribution in [0.2, 0.25) is 0 Å². The molecule has 7 heteroatoms. The second kappa shape index (κ2) is 4.75. The molecule has 1 aliphatic rings. The number of nitro groups is 1. The number of anilines is 1. The zero-order chi connectivity index (χ0) is 13.3. The third-order valence-corrected chi connectivity index (χ3v) is 3.36. The van der Waals surface area contributed by atoms with E-state index in [-0.39, 0.29) is 17.4 Å². The summed E-state index contributed by atoms with van der Waals surface area (Å²) >= 11 is 0. The Balaban J connectivity index is 2.14. The van der Waals surface area contributed by atoms with Crippen LogP contribution in [0.15, 0.2) is 6.20 Å². The van der Waals surface area contributed by atoms with Gasteiger partial charge in [0, 0.05) is 26.1 Å². The Morgan fingerprint density at radius 2 is 2.11 bits per heavy atom. The van der Waals surface area contributed by atoms with E-state index in [4.69, 9.17) is 0 Å². The molecule has 0 aliphatic carbocycles. The molecule has 0 aromatic carbocycles. The third-order valence-electron chi connectivity index (χ3n) is 3.36. The van der Waals surface area contributed by atoms with Crippen LogP contribution in [0.4, 0.5) is 11.5 Å². The molecule has 0 N–H and O–H groups in total. The topological polar surface area (TPSA) is 81.3 Å². The minimum absolute atomic E-state index is 0.0266. The molecule has 0 bridgehead atoms. The lowest BCUT2D eigenvalue weighted by molar-refractivity contribution is -0.384. The predicted molar refractivity (Wildman–Crippen MR) is 65.5 cm³/mol. The molecule has 1 aromatic rings. The molecule has 1 aromatic heterocycles. The van der Waals surface area contributed by atoms with Crippen molar-refractivity contribution in [2.75, 3.05) is 18.0 Å². The normalized spacial score (nSPS) is 16.9. The molecule has 1 fully saturated rings. The van der Waals surface area contributed by atoms with Crippen LogP contribution in [0.5, 0.6) is 0 Å². The molecule has 2 rings (SSSR count). The zero-order valence-corrected chi connectivity index (χ0v) is 10.5. The van der Waals surface area contributed by atoms with E-state index in [9.17, 15) is 14.9 Å². The highest BCUT2D eigenvalue weighted by molar-refractivity contribution is 5.78. The van der Waals surface area contributed by atoms with Crippen molar-refractivity contribution < 1.29 is 9.72 Å². The van der Waals surface area contributed by atoms with Crippen molar-refractivity contribution in [3.8, 4) is 0 Å². The smallest absolute Gasteiger partial charge is 0.330 e. The minimum Gasteiger partial charge on any atom is -0.349 e. The summed E-state index contributed by atoms with van der Waals surface area (Å²) < 4.78 is 1.45. The molecule has 98 valence electrons. The zero-order valence-electron chi connectivity index (χ0n) is 10.5. The summed E-state index contributed by atoms with van der Waals surface area (Å²) in [7, 11) is 1.67. The standard InChI is InChI=1S/C11H16N4O3/c1-8(16)9-3-5-14(6-4-9)11-10(15(17)18)7-13(2)12-11/h7,9H,3-6H2,1-2H3. The number of aromatic nitrogens is 2. The van der Waals surface area contributed by atoms with Crippen molar-refractivity contribution in [2.24, 2.45) is 13.0 Å². The van der Waals surface area contributed by atoms with Crippen LogP contribution < -0.4 is 4.90 Å². The highest BCUT2D eigenvalue weighted by Gasteiger charge is 2.29. The summed E-state index contributed by atoms with van der Waals surface area (Å²) in [6, 6.07) is 0.